The molecule has 96 valence electrons. The number of esters is 1. The van der Waals surface area contributed by atoms with Crippen molar-refractivity contribution in [2.45, 2.75) is 59.0 Å². The van der Waals surface area contributed by atoms with Gasteiger partial charge in [0.15, 0.2) is 0 Å². The third-order valence-corrected chi connectivity index (χ3v) is 3.08. The summed E-state index contributed by atoms with van der Waals surface area (Å²) in [7, 11) is 1.37. The van der Waals surface area contributed by atoms with Gasteiger partial charge in [-0.1, -0.05) is 40.0 Å². The molecule has 0 fully saturated rings. The minimum absolute atomic E-state index is 0.0871. The first-order valence-electron chi connectivity index (χ1n) is 6.17. The van der Waals surface area contributed by atoms with Crippen LogP contribution in [0.5, 0.6) is 0 Å². The summed E-state index contributed by atoms with van der Waals surface area (Å²) in [5, 5.41) is 10.4. The topological polar surface area (TPSA) is 46.5 Å². The Bertz CT molecular complexity index is 209. The van der Waals surface area contributed by atoms with Gasteiger partial charge in [-0.05, 0) is 19.3 Å². The van der Waals surface area contributed by atoms with Crippen LogP contribution in [-0.4, -0.2) is 23.8 Å². The summed E-state index contributed by atoms with van der Waals surface area (Å²) in [4.78, 5) is 11.7. The van der Waals surface area contributed by atoms with Crippen LogP contribution < -0.4 is 0 Å². The van der Waals surface area contributed by atoms with Crippen molar-refractivity contribution in [2.75, 3.05) is 7.11 Å². The van der Waals surface area contributed by atoms with E-state index in [0.717, 1.165) is 19.3 Å². The maximum Gasteiger partial charge on any atom is 0.311 e. The van der Waals surface area contributed by atoms with Crippen molar-refractivity contribution in [3.8, 4) is 0 Å². The zero-order valence-corrected chi connectivity index (χ0v) is 11.2. The van der Waals surface area contributed by atoms with Crippen LogP contribution in [-0.2, 0) is 9.53 Å². The van der Waals surface area contributed by atoms with Gasteiger partial charge in [0.25, 0.3) is 0 Å². The Kier molecular flexibility index (Phi) is 6.65. The van der Waals surface area contributed by atoms with E-state index in [1.807, 2.05) is 13.8 Å². The monoisotopic (exact) mass is 230 g/mol. The highest BCUT2D eigenvalue weighted by atomic mass is 16.5. The molecule has 0 aromatic heterocycles. The number of aliphatic hydroxyl groups is 1. The van der Waals surface area contributed by atoms with E-state index in [2.05, 4.69) is 6.92 Å². The Hall–Kier alpha value is -0.570. The van der Waals surface area contributed by atoms with Gasteiger partial charge in [0, 0.05) is 0 Å². The van der Waals surface area contributed by atoms with Crippen molar-refractivity contribution in [2.24, 2.45) is 11.8 Å². The molecule has 0 saturated heterocycles. The van der Waals surface area contributed by atoms with Crippen molar-refractivity contribution in [1.82, 2.24) is 0 Å². The van der Waals surface area contributed by atoms with Crippen LogP contribution in [0, 0.1) is 11.8 Å². The molecule has 2 atom stereocenters. The Morgan fingerprint density at radius 3 is 2.31 bits per heavy atom. The van der Waals surface area contributed by atoms with Crippen molar-refractivity contribution < 1.29 is 14.6 Å². The summed E-state index contributed by atoms with van der Waals surface area (Å²) in [6, 6.07) is 0. The lowest BCUT2D eigenvalue weighted by molar-refractivity contribution is -0.158. The molecule has 0 saturated carbocycles. The van der Waals surface area contributed by atoms with Gasteiger partial charge in [0.05, 0.1) is 18.6 Å². The molecular formula is C13H26O3. The first-order valence-corrected chi connectivity index (χ1v) is 6.17. The predicted octanol–water partition coefficient (Wildman–Crippen LogP) is 2.76. The van der Waals surface area contributed by atoms with Gasteiger partial charge in [0.2, 0.25) is 0 Å². The summed E-state index contributed by atoms with van der Waals surface area (Å²) >= 11 is 0. The normalized spacial score (nSPS) is 16.9. The third kappa shape index (κ3) is 4.52. The maximum absolute atomic E-state index is 11.7. The largest absolute Gasteiger partial charge is 0.469 e. The molecule has 0 rings (SSSR count). The van der Waals surface area contributed by atoms with E-state index >= 15 is 0 Å². The molecule has 0 bridgehead atoms. The number of methoxy groups -OCH3 is 1. The molecule has 1 N–H and O–H groups in total. The van der Waals surface area contributed by atoms with Gasteiger partial charge in [-0.25, -0.2) is 0 Å². The molecule has 3 nitrogen and oxygen atoms in total. The van der Waals surface area contributed by atoms with E-state index in [0.29, 0.717) is 6.42 Å². The fraction of sp³-hybridized carbons (Fsp3) is 0.923. The lowest BCUT2D eigenvalue weighted by atomic mass is 9.78. The summed E-state index contributed by atoms with van der Waals surface area (Å²) in [6.45, 7) is 7.74. The van der Waals surface area contributed by atoms with E-state index in [1.54, 1.807) is 6.92 Å². The van der Waals surface area contributed by atoms with Crippen LogP contribution in [0.4, 0.5) is 0 Å². The van der Waals surface area contributed by atoms with Gasteiger partial charge in [0.1, 0.15) is 0 Å². The van der Waals surface area contributed by atoms with Gasteiger partial charge in [-0.2, -0.15) is 0 Å². The Morgan fingerprint density at radius 2 is 1.94 bits per heavy atom. The van der Waals surface area contributed by atoms with Crippen LogP contribution in [0.1, 0.15) is 53.4 Å². The summed E-state index contributed by atoms with van der Waals surface area (Å²) in [5.74, 6) is -0.657. The highest BCUT2D eigenvalue weighted by Crippen LogP contribution is 2.30. The fourth-order valence-electron chi connectivity index (χ4n) is 2.26. The highest BCUT2D eigenvalue weighted by Gasteiger charge is 2.39. The second-order valence-corrected chi connectivity index (χ2v) is 5.06. The summed E-state index contributed by atoms with van der Waals surface area (Å²) in [6.07, 6.45) is 3.80. The zero-order chi connectivity index (χ0) is 12.8. The van der Waals surface area contributed by atoms with E-state index < -0.39 is 11.5 Å². The number of hydrogen-bond acceptors (Lipinski definition) is 3. The van der Waals surface area contributed by atoms with Crippen LogP contribution in [0.25, 0.3) is 0 Å². The Labute approximate surface area is 99.2 Å². The molecule has 0 spiro atoms. The second-order valence-electron chi connectivity index (χ2n) is 5.06. The molecule has 3 heteroatoms. The molecular weight excluding hydrogens is 204 g/mol. The first kappa shape index (κ1) is 15.4. The Morgan fingerprint density at radius 1 is 1.38 bits per heavy atom. The number of unbranched alkanes of at least 4 members (excludes halogenated alkanes) is 2. The van der Waals surface area contributed by atoms with E-state index in [1.165, 1.54) is 7.11 Å². The SMILES string of the molecule is CCCCCC(C)(O)C(C(=O)OC)C(C)C. The molecule has 0 aliphatic heterocycles. The lowest BCUT2D eigenvalue weighted by Gasteiger charge is -2.33. The van der Waals surface area contributed by atoms with Crippen molar-refractivity contribution >= 4 is 5.97 Å². The molecule has 0 aliphatic carbocycles. The van der Waals surface area contributed by atoms with Crippen molar-refractivity contribution in [1.29, 1.82) is 0 Å². The minimum atomic E-state index is -0.962. The van der Waals surface area contributed by atoms with Crippen LogP contribution >= 0.6 is 0 Å². The van der Waals surface area contributed by atoms with Crippen LogP contribution in [0.3, 0.4) is 0 Å². The Balaban J connectivity index is 4.56. The van der Waals surface area contributed by atoms with Crippen LogP contribution in [0.15, 0.2) is 0 Å². The van der Waals surface area contributed by atoms with Crippen molar-refractivity contribution in [3.05, 3.63) is 0 Å². The van der Waals surface area contributed by atoms with Gasteiger partial charge in [-0.15, -0.1) is 0 Å². The predicted molar refractivity (Wildman–Crippen MR) is 65.1 cm³/mol. The molecule has 0 radical (unpaired) electrons. The number of carbonyl (C=O) groups is 1. The second kappa shape index (κ2) is 6.89. The molecule has 16 heavy (non-hydrogen) atoms. The smallest absolute Gasteiger partial charge is 0.311 e. The maximum atomic E-state index is 11.7. The standard InChI is InChI=1S/C13H26O3/c1-6-7-8-9-13(4,15)11(10(2)3)12(14)16-5/h10-11,15H,6-9H2,1-5H3. The minimum Gasteiger partial charge on any atom is -0.469 e. The number of carbonyl (C=O) groups excluding carboxylic acids is 1. The van der Waals surface area contributed by atoms with E-state index in [9.17, 15) is 9.90 Å². The molecule has 0 aliphatic rings. The molecule has 0 amide bonds. The van der Waals surface area contributed by atoms with Gasteiger partial charge >= 0.3 is 5.97 Å². The lowest BCUT2D eigenvalue weighted by Crippen LogP contribution is -2.43. The van der Waals surface area contributed by atoms with Crippen molar-refractivity contribution in [3.63, 3.8) is 0 Å². The summed E-state index contributed by atoms with van der Waals surface area (Å²) < 4.78 is 4.77. The summed E-state index contributed by atoms with van der Waals surface area (Å²) in [5.41, 5.74) is -0.962. The highest BCUT2D eigenvalue weighted by molar-refractivity contribution is 5.73. The zero-order valence-electron chi connectivity index (χ0n) is 11.2. The van der Waals surface area contributed by atoms with E-state index in [4.69, 9.17) is 4.74 Å². The number of rotatable bonds is 7. The van der Waals surface area contributed by atoms with Gasteiger partial charge < -0.3 is 9.84 Å². The van der Waals surface area contributed by atoms with E-state index in [-0.39, 0.29) is 11.9 Å². The first-order chi connectivity index (χ1) is 7.36. The molecule has 2 unspecified atom stereocenters. The van der Waals surface area contributed by atoms with Crippen LogP contribution in [0.2, 0.25) is 0 Å². The average Bonchev–Trinajstić information content (AvgIpc) is 2.16. The van der Waals surface area contributed by atoms with Gasteiger partial charge in [-0.3, -0.25) is 4.79 Å². The molecule has 0 aromatic rings. The average molecular weight is 230 g/mol. The number of ether oxygens (including phenoxy) is 1. The fourth-order valence-corrected chi connectivity index (χ4v) is 2.26. The molecule has 0 heterocycles. The molecule has 0 aromatic carbocycles. The number of hydrogen-bond donors (Lipinski definition) is 1. The third-order valence-electron chi connectivity index (χ3n) is 3.08. The quantitative estimate of drug-likeness (QED) is 0.540.